The predicted octanol–water partition coefficient (Wildman–Crippen LogP) is 8.48. The molecule has 0 unspecified atom stereocenters. The van der Waals surface area contributed by atoms with Crippen molar-refractivity contribution in [3.05, 3.63) is 95.7 Å². The first-order valence-corrected chi connectivity index (χ1v) is 12.4. The number of rotatable bonds is 4. The fourth-order valence-corrected chi connectivity index (χ4v) is 6.25. The lowest BCUT2D eigenvalue weighted by Gasteiger charge is -2.03. The number of thiophene rings is 2. The molecule has 6 aromatic rings. The molecule has 0 atom stereocenters. The van der Waals surface area contributed by atoms with E-state index in [1.54, 1.807) is 22.7 Å². The van der Waals surface area contributed by atoms with Crippen molar-refractivity contribution in [1.82, 2.24) is 8.75 Å². The summed E-state index contributed by atoms with van der Waals surface area (Å²) in [6, 6.07) is 29.9. The van der Waals surface area contributed by atoms with Crippen molar-refractivity contribution < 1.29 is 0 Å². The van der Waals surface area contributed by atoms with Gasteiger partial charge in [0.05, 0.1) is 11.7 Å². The maximum atomic E-state index is 4.67. The Balaban J connectivity index is 1.41. The first-order valence-electron chi connectivity index (χ1n) is 9.91. The van der Waals surface area contributed by atoms with Crippen molar-refractivity contribution in [2.24, 2.45) is 0 Å². The molecule has 148 valence electrons. The largest absolute Gasteiger partial charge is 0.172 e. The van der Waals surface area contributed by atoms with Gasteiger partial charge in [0.25, 0.3) is 0 Å². The van der Waals surface area contributed by atoms with Crippen LogP contribution in [-0.2, 0) is 0 Å². The highest BCUT2D eigenvalue weighted by Crippen LogP contribution is 2.41. The van der Waals surface area contributed by atoms with Crippen LogP contribution in [0, 0.1) is 0 Å². The molecule has 2 nitrogen and oxygen atoms in total. The van der Waals surface area contributed by atoms with Crippen LogP contribution in [0.15, 0.2) is 95.7 Å². The molecule has 0 radical (unpaired) electrons. The third-order valence-electron chi connectivity index (χ3n) is 5.36. The van der Waals surface area contributed by atoms with Gasteiger partial charge in [-0.25, -0.2) is 0 Å². The van der Waals surface area contributed by atoms with Crippen LogP contribution in [-0.4, -0.2) is 8.75 Å². The number of nitrogens with zero attached hydrogens (tertiary/aromatic N) is 2. The summed E-state index contributed by atoms with van der Waals surface area (Å²) in [5.74, 6) is 0. The summed E-state index contributed by atoms with van der Waals surface area (Å²) in [7, 11) is 0. The zero-order valence-corrected chi connectivity index (χ0v) is 18.8. The van der Waals surface area contributed by atoms with Crippen molar-refractivity contribution in [2.75, 3.05) is 0 Å². The first kappa shape index (κ1) is 18.6. The molecule has 6 rings (SSSR count). The number of aromatic nitrogens is 2. The van der Waals surface area contributed by atoms with Crippen molar-refractivity contribution in [3.8, 4) is 43.1 Å². The Morgan fingerprint density at radius 1 is 0.484 bits per heavy atom. The van der Waals surface area contributed by atoms with Gasteiger partial charge in [-0.05, 0) is 45.1 Å². The SMILES string of the molecule is c1ccc(-c2csc(-c3ccc(-c4cc(-c5ccccc5)cs4)c4nsnc34)c2)cc1. The van der Waals surface area contributed by atoms with Crippen LogP contribution >= 0.6 is 34.4 Å². The highest BCUT2D eigenvalue weighted by atomic mass is 32.1. The van der Waals surface area contributed by atoms with Crippen LogP contribution in [0.1, 0.15) is 0 Å². The van der Waals surface area contributed by atoms with Crippen LogP contribution in [0.4, 0.5) is 0 Å². The maximum Gasteiger partial charge on any atom is 0.114 e. The number of hydrogen-bond acceptors (Lipinski definition) is 5. The first-order chi connectivity index (χ1) is 15.4. The van der Waals surface area contributed by atoms with Crippen LogP contribution in [0.25, 0.3) is 54.2 Å². The van der Waals surface area contributed by atoms with E-state index in [2.05, 4.69) is 92.3 Å². The summed E-state index contributed by atoms with van der Waals surface area (Å²) in [5, 5.41) is 4.44. The van der Waals surface area contributed by atoms with Crippen LogP contribution < -0.4 is 0 Å². The van der Waals surface area contributed by atoms with Gasteiger partial charge in [-0.2, -0.15) is 8.75 Å². The summed E-state index contributed by atoms with van der Waals surface area (Å²) >= 11 is 4.80. The molecule has 3 heterocycles. The van der Waals surface area contributed by atoms with Gasteiger partial charge < -0.3 is 0 Å². The zero-order valence-electron chi connectivity index (χ0n) is 16.4. The molecule has 0 saturated heterocycles. The zero-order chi connectivity index (χ0) is 20.6. The quantitative estimate of drug-likeness (QED) is 0.268. The average molecular weight is 453 g/mol. The van der Waals surface area contributed by atoms with E-state index < -0.39 is 0 Å². The van der Waals surface area contributed by atoms with Crippen LogP contribution in [0.5, 0.6) is 0 Å². The summed E-state index contributed by atoms with van der Waals surface area (Å²) in [4.78, 5) is 2.44. The molecule has 3 aromatic heterocycles. The van der Waals surface area contributed by atoms with Gasteiger partial charge in [-0.3, -0.25) is 0 Å². The molecule has 31 heavy (non-hydrogen) atoms. The molecule has 0 aliphatic heterocycles. The lowest BCUT2D eigenvalue weighted by atomic mass is 10.0. The minimum atomic E-state index is 0.985. The average Bonchev–Trinajstić information content (AvgIpc) is 3.60. The third-order valence-corrected chi connectivity index (χ3v) is 7.81. The molecular formula is C26H16N2S3. The minimum absolute atomic E-state index is 0.985. The molecule has 0 bridgehead atoms. The fraction of sp³-hybridized carbons (Fsp3) is 0. The van der Waals surface area contributed by atoms with Crippen LogP contribution in [0.3, 0.4) is 0 Å². The smallest absolute Gasteiger partial charge is 0.114 e. The van der Waals surface area contributed by atoms with E-state index in [0.29, 0.717) is 0 Å². The Kier molecular flexibility index (Phi) is 4.72. The Bertz CT molecular complexity index is 1370. The van der Waals surface area contributed by atoms with E-state index in [1.165, 1.54) is 43.7 Å². The van der Waals surface area contributed by atoms with Crippen molar-refractivity contribution in [2.45, 2.75) is 0 Å². The maximum absolute atomic E-state index is 4.67. The minimum Gasteiger partial charge on any atom is -0.172 e. The highest BCUT2D eigenvalue weighted by Gasteiger charge is 2.16. The molecular weight excluding hydrogens is 437 g/mol. The Labute approximate surface area is 192 Å². The van der Waals surface area contributed by atoms with Crippen molar-refractivity contribution in [3.63, 3.8) is 0 Å². The standard InChI is InChI=1S/C26H16N2S3/c1-3-7-17(8-4-1)19-13-23(29-15-19)21-11-12-22(26-25(21)27-31-28-26)24-14-20(16-30-24)18-9-5-2-6-10-18/h1-16H. The fourth-order valence-electron chi connectivity index (χ4n) is 3.78. The molecule has 0 aliphatic rings. The van der Waals surface area contributed by atoms with Gasteiger partial charge in [0.1, 0.15) is 11.0 Å². The van der Waals surface area contributed by atoms with Crippen molar-refractivity contribution >= 4 is 45.4 Å². The van der Waals surface area contributed by atoms with Gasteiger partial charge in [0.2, 0.25) is 0 Å². The highest BCUT2D eigenvalue weighted by molar-refractivity contribution is 7.14. The molecule has 0 fully saturated rings. The van der Waals surface area contributed by atoms with Gasteiger partial charge in [-0.15, -0.1) is 22.7 Å². The van der Waals surface area contributed by atoms with Gasteiger partial charge >= 0.3 is 0 Å². The van der Waals surface area contributed by atoms with Gasteiger partial charge in [-0.1, -0.05) is 72.8 Å². The monoisotopic (exact) mass is 452 g/mol. The lowest BCUT2D eigenvalue weighted by Crippen LogP contribution is -1.82. The van der Waals surface area contributed by atoms with Crippen molar-refractivity contribution in [1.29, 1.82) is 0 Å². The van der Waals surface area contributed by atoms with Crippen LogP contribution in [0.2, 0.25) is 0 Å². The third kappa shape index (κ3) is 3.41. The molecule has 0 spiro atoms. The Hall–Kier alpha value is -3.12. The van der Waals surface area contributed by atoms with Gasteiger partial charge in [0, 0.05) is 20.9 Å². The molecule has 0 saturated carbocycles. The second-order valence-corrected chi connectivity index (χ2v) is 9.60. The normalized spacial score (nSPS) is 11.2. The van der Waals surface area contributed by atoms with E-state index >= 15 is 0 Å². The van der Waals surface area contributed by atoms with E-state index in [1.807, 2.05) is 12.1 Å². The lowest BCUT2D eigenvalue weighted by molar-refractivity contribution is 1.63. The Morgan fingerprint density at radius 3 is 1.39 bits per heavy atom. The molecule has 3 aromatic carbocycles. The number of benzene rings is 3. The molecule has 0 aliphatic carbocycles. The van der Waals surface area contributed by atoms with Gasteiger partial charge in [0.15, 0.2) is 0 Å². The topological polar surface area (TPSA) is 25.8 Å². The summed E-state index contributed by atoms with van der Waals surface area (Å²) < 4.78 is 9.34. The molecule has 0 amide bonds. The summed E-state index contributed by atoms with van der Waals surface area (Å²) in [6.45, 7) is 0. The van der Waals surface area contributed by atoms with E-state index in [4.69, 9.17) is 0 Å². The second-order valence-electron chi connectivity index (χ2n) is 7.25. The molecule has 0 N–H and O–H groups in total. The second kappa shape index (κ2) is 7.85. The Morgan fingerprint density at radius 2 is 0.935 bits per heavy atom. The number of fused-ring (bicyclic) bond motifs is 1. The van der Waals surface area contributed by atoms with E-state index in [0.717, 1.165) is 22.2 Å². The van der Waals surface area contributed by atoms with E-state index in [-0.39, 0.29) is 0 Å². The number of hydrogen-bond donors (Lipinski definition) is 0. The summed E-state index contributed by atoms with van der Waals surface area (Å²) in [6.07, 6.45) is 0. The van der Waals surface area contributed by atoms with E-state index in [9.17, 15) is 0 Å². The summed E-state index contributed by atoms with van der Waals surface area (Å²) in [5.41, 5.74) is 9.23. The predicted molar refractivity (Wildman–Crippen MR) is 135 cm³/mol. The molecule has 5 heteroatoms.